The van der Waals surface area contributed by atoms with Gasteiger partial charge in [-0.25, -0.2) is 0 Å². The second-order valence-corrected chi connectivity index (χ2v) is 3.68. The molecule has 0 saturated carbocycles. The Hall–Kier alpha value is -1.75. The number of fused-ring (bicyclic) bond motifs is 1. The van der Waals surface area contributed by atoms with Crippen LogP contribution in [0.4, 0.5) is 0 Å². The number of nitrogens with zero attached hydrogens (tertiary/aromatic N) is 1. The van der Waals surface area contributed by atoms with E-state index in [0.29, 0.717) is 0 Å². The molecule has 2 heteroatoms. The molecule has 0 unspecified atom stereocenters. The van der Waals surface area contributed by atoms with Gasteiger partial charge in [-0.3, -0.25) is 0 Å². The molecule has 0 fully saturated rings. The standard InChI is InChI=1S/C13H13NO/c1-15-9-11-5-3-6-12-10(8-14)4-2-7-13(11)12/h2,4,7,9H,3,5-6H2,1H3/b11-9+. The highest BCUT2D eigenvalue weighted by atomic mass is 16.5. The first kappa shape index (κ1) is 9.79. The van der Waals surface area contributed by atoms with E-state index in [9.17, 15) is 0 Å². The summed E-state index contributed by atoms with van der Waals surface area (Å²) in [4.78, 5) is 0. The van der Waals surface area contributed by atoms with E-state index in [-0.39, 0.29) is 0 Å². The molecule has 2 nitrogen and oxygen atoms in total. The van der Waals surface area contributed by atoms with Gasteiger partial charge in [0, 0.05) is 0 Å². The zero-order chi connectivity index (χ0) is 10.7. The number of hydrogen-bond acceptors (Lipinski definition) is 2. The quantitative estimate of drug-likeness (QED) is 0.651. The van der Waals surface area contributed by atoms with E-state index in [1.165, 1.54) is 16.7 Å². The Kier molecular flexibility index (Phi) is 2.73. The largest absolute Gasteiger partial charge is 0.504 e. The van der Waals surface area contributed by atoms with E-state index in [1.807, 2.05) is 12.1 Å². The van der Waals surface area contributed by atoms with Gasteiger partial charge < -0.3 is 4.74 Å². The maximum absolute atomic E-state index is 9.01. The summed E-state index contributed by atoms with van der Waals surface area (Å²) in [5.74, 6) is 0. The maximum Gasteiger partial charge on any atom is 0.0994 e. The fourth-order valence-electron chi connectivity index (χ4n) is 2.12. The molecule has 0 N–H and O–H groups in total. The molecule has 1 aliphatic rings. The molecular formula is C13H13NO. The zero-order valence-corrected chi connectivity index (χ0v) is 8.79. The number of hydrogen-bond donors (Lipinski definition) is 0. The molecule has 0 aliphatic heterocycles. The minimum absolute atomic E-state index is 0.800. The molecule has 2 rings (SSSR count). The van der Waals surface area contributed by atoms with Crippen LogP contribution in [-0.2, 0) is 11.2 Å². The molecule has 0 heterocycles. The smallest absolute Gasteiger partial charge is 0.0994 e. The Morgan fingerprint density at radius 3 is 3.00 bits per heavy atom. The zero-order valence-electron chi connectivity index (χ0n) is 8.79. The molecule has 0 saturated heterocycles. The first-order valence-electron chi connectivity index (χ1n) is 5.11. The van der Waals surface area contributed by atoms with Crippen LogP contribution in [0.1, 0.15) is 29.5 Å². The Morgan fingerprint density at radius 2 is 2.27 bits per heavy atom. The van der Waals surface area contributed by atoms with Gasteiger partial charge in [0.05, 0.1) is 25.0 Å². The fraction of sp³-hybridized carbons (Fsp3) is 0.308. The summed E-state index contributed by atoms with van der Waals surface area (Å²) in [5.41, 5.74) is 4.36. The molecule has 15 heavy (non-hydrogen) atoms. The van der Waals surface area contributed by atoms with Gasteiger partial charge in [0.15, 0.2) is 0 Å². The molecule has 1 aromatic carbocycles. The first-order valence-corrected chi connectivity index (χ1v) is 5.11. The lowest BCUT2D eigenvalue weighted by atomic mass is 9.85. The molecule has 0 bridgehead atoms. The predicted octanol–water partition coefficient (Wildman–Crippen LogP) is 2.88. The molecule has 0 atom stereocenters. The summed E-state index contributed by atoms with van der Waals surface area (Å²) in [7, 11) is 1.66. The second kappa shape index (κ2) is 4.18. The number of rotatable bonds is 1. The Bertz CT molecular complexity index is 440. The van der Waals surface area contributed by atoms with Crippen molar-refractivity contribution in [2.24, 2.45) is 0 Å². The van der Waals surface area contributed by atoms with Gasteiger partial charge in [0.25, 0.3) is 0 Å². The first-order chi connectivity index (χ1) is 7.36. The highest BCUT2D eigenvalue weighted by Crippen LogP contribution is 2.32. The summed E-state index contributed by atoms with van der Waals surface area (Å²) in [6.45, 7) is 0. The van der Waals surface area contributed by atoms with Gasteiger partial charge in [-0.2, -0.15) is 5.26 Å². The van der Waals surface area contributed by atoms with E-state index in [2.05, 4.69) is 12.1 Å². The van der Waals surface area contributed by atoms with Crippen LogP contribution in [-0.4, -0.2) is 7.11 Å². The van der Waals surface area contributed by atoms with E-state index >= 15 is 0 Å². The minimum Gasteiger partial charge on any atom is -0.504 e. The van der Waals surface area contributed by atoms with Crippen LogP contribution < -0.4 is 0 Å². The van der Waals surface area contributed by atoms with Gasteiger partial charge in [0.2, 0.25) is 0 Å². The third-order valence-electron chi connectivity index (χ3n) is 2.78. The van der Waals surface area contributed by atoms with Crippen molar-refractivity contribution in [2.75, 3.05) is 7.11 Å². The summed E-state index contributed by atoms with van der Waals surface area (Å²) in [6, 6.07) is 8.14. The SMILES string of the molecule is CO/C=C1\CCCc2c(C#N)cccc21. The van der Waals surface area contributed by atoms with E-state index < -0.39 is 0 Å². The van der Waals surface area contributed by atoms with Crippen molar-refractivity contribution in [3.63, 3.8) is 0 Å². The lowest BCUT2D eigenvalue weighted by Gasteiger charge is -2.19. The average molecular weight is 199 g/mol. The monoisotopic (exact) mass is 199 g/mol. The number of benzene rings is 1. The number of methoxy groups -OCH3 is 1. The number of allylic oxidation sites excluding steroid dienone is 1. The maximum atomic E-state index is 9.01. The van der Waals surface area contributed by atoms with Crippen molar-refractivity contribution in [3.05, 3.63) is 41.2 Å². The van der Waals surface area contributed by atoms with Crippen molar-refractivity contribution in [1.29, 1.82) is 5.26 Å². The van der Waals surface area contributed by atoms with Crippen molar-refractivity contribution >= 4 is 5.57 Å². The van der Waals surface area contributed by atoms with Gasteiger partial charge in [-0.15, -0.1) is 0 Å². The highest BCUT2D eigenvalue weighted by molar-refractivity contribution is 5.71. The fourth-order valence-corrected chi connectivity index (χ4v) is 2.12. The lowest BCUT2D eigenvalue weighted by molar-refractivity contribution is 0.338. The number of ether oxygens (including phenoxy) is 1. The van der Waals surface area contributed by atoms with Crippen LogP contribution in [0, 0.1) is 11.3 Å². The molecular weight excluding hydrogens is 186 g/mol. The molecule has 0 aromatic heterocycles. The van der Waals surface area contributed by atoms with Crippen LogP contribution in [0.15, 0.2) is 24.5 Å². The Morgan fingerprint density at radius 1 is 1.40 bits per heavy atom. The van der Waals surface area contributed by atoms with E-state index in [0.717, 1.165) is 24.8 Å². The normalized spacial score (nSPS) is 16.9. The predicted molar refractivity (Wildman–Crippen MR) is 59.1 cm³/mol. The van der Waals surface area contributed by atoms with Crippen LogP contribution in [0.3, 0.4) is 0 Å². The highest BCUT2D eigenvalue weighted by Gasteiger charge is 2.16. The molecule has 0 radical (unpaired) electrons. The Balaban J connectivity index is 2.54. The molecule has 0 spiro atoms. The van der Waals surface area contributed by atoms with Crippen LogP contribution in [0.25, 0.3) is 5.57 Å². The molecule has 76 valence electrons. The van der Waals surface area contributed by atoms with Crippen LogP contribution in [0.5, 0.6) is 0 Å². The average Bonchev–Trinajstić information content (AvgIpc) is 2.29. The van der Waals surface area contributed by atoms with Crippen LogP contribution >= 0.6 is 0 Å². The van der Waals surface area contributed by atoms with Crippen LogP contribution in [0.2, 0.25) is 0 Å². The minimum atomic E-state index is 0.800. The van der Waals surface area contributed by atoms with Crippen molar-refractivity contribution in [1.82, 2.24) is 0 Å². The third-order valence-corrected chi connectivity index (χ3v) is 2.78. The van der Waals surface area contributed by atoms with E-state index in [4.69, 9.17) is 10.00 Å². The third kappa shape index (κ3) is 1.73. The summed E-state index contributed by atoms with van der Waals surface area (Å²) in [5, 5.41) is 9.01. The van der Waals surface area contributed by atoms with Gasteiger partial charge in [-0.05, 0) is 42.0 Å². The van der Waals surface area contributed by atoms with Gasteiger partial charge in [-0.1, -0.05) is 12.1 Å². The van der Waals surface area contributed by atoms with Crippen molar-refractivity contribution in [3.8, 4) is 6.07 Å². The second-order valence-electron chi connectivity index (χ2n) is 3.68. The summed E-state index contributed by atoms with van der Waals surface area (Å²) >= 11 is 0. The van der Waals surface area contributed by atoms with Crippen molar-refractivity contribution in [2.45, 2.75) is 19.3 Å². The topological polar surface area (TPSA) is 33.0 Å². The van der Waals surface area contributed by atoms with E-state index in [1.54, 1.807) is 13.4 Å². The lowest BCUT2D eigenvalue weighted by Crippen LogP contribution is -2.04. The van der Waals surface area contributed by atoms with Gasteiger partial charge in [0.1, 0.15) is 0 Å². The summed E-state index contributed by atoms with van der Waals surface area (Å²) < 4.78 is 5.07. The molecule has 1 aliphatic carbocycles. The summed E-state index contributed by atoms with van der Waals surface area (Å²) in [6.07, 6.45) is 4.93. The van der Waals surface area contributed by atoms with Crippen molar-refractivity contribution < 1.29 is 4.74 Å². The molecule has 1 aromatic rings. The van der Waals surface area contributed by atoms with Gasteiger partial charge >= 0.3 is 0 Å². The Labute approximate surface area is 89.8 Å². The molecule has 0 amide bonds. The number of nitriles is 1.